The van der Waals surface area contributed by atoms with Gasteiger partial charge in [0, 0.05) is 6.54 Å². The fourth-order valence-electron chi connectivity index (χ4n) is 2.68. The molecule has 0 aliphatic carbocycles. The average Bonchev–Trinajstić information content (AvgIpc) is 2.99. The molecule has 1 fully saturated rings. The van der Waals surface area contributed by atoms with Crippen LogP contribution in [0.25, 0.3) is 6.08 Å². The van der Waals surface area contributed by atoms with Gasteiger partial charge in [0.1, 0.15) is 15.8 Å². The number of carboxylic acids is 1. The zero-order valence-electron chi connectivity index (χ0n) is 15.7. The first kappa shape index (κ1) is 20.9. The maximum absolute atomic E-state index is 12.7. The van der Waals surface area contributed by atoms with Gasteiger partial charge in [-0.25, -0.2) is 4.79 Å². The Morgan fingerprint density at radius 1 is 1.14 bits per heavy atom. The molecular weight excluding hydrogens is 410 g/mol. The molecule has 1 saturated heterocycles. The lowest BCUT2D eigenvalue weighted by Crippen LogP contribution is -2.30. The van der Waals surface area contributed by atoms with Gasteiger partial charge >= 0.3 is 5.97 Å². The van der Waals surface area contributed by atoms with Gasteiger partial charge in [-0.1, -0.05) is 48.2 Å². The van der Waals surface area contributed by atoms with Crippen molar-refractivity contribution in [3.05, 3.63) is 64.6 Å². The molecule has 2 aromatic carbocycles. The lowest BCUT2D eigenvalue weighted by Gasteiger charge is -2.14. The summed E-state index contributed by atoms with van der Waals surface area (Å²) in [6, 6.07) is 14.6. The van der Waals surface area contributed by atoms with Crippen molar-refractivity contribution in [1.29, 1.82) is 0 Å². The second-order valence-electron chi connectivity index (χ2n) is 6.18. The molecule has 0 aromatic heterocycles. The predicted octanol–water partition coefficient (Wildman–Crippen LogP) is 3.60. The van der Waals surface area contributed by atoms with Crippen LogP contribution in [0, 0.1) is 0 Å². The average molecular weight is 430 g/mol. The largest absolute Gasteiger partial charge is 0.497 e. The fourth-order valence-corrected chi connectivity index (χ4v) is 3.99. The summed E-state index contributed by atoms with van der Waals surface area (Å²) in [5.74, 6) is 0.102. The van der Waals surface area contributed by atoms with Gasteiger partial charge in [-0.15, -0.1) is 0 Å². The summed E-state index contributed by atoms with van der Waals surface area (Å²) in [6.45, 7) is 0.114. The molecule has 29 heavy (non-hydrogen) atoms. The summed E-state index contributed by atoms with van der Waals surface area (Å²) in [5, 5.41) is 8.64. The van der Waals surface area contributed by atoms with Crippen molar-refractivity contribution in [2.75, 3.05) is 20.3 Å². The number of hydrogen-bond donors (Lipinski definition) is 1. The van der Waals surface area contributed by atoms with Crippen molar-refractivity contribution >= 4 is 46.3 Å². The Labute approximate surface area is 178 Å². The highest BCUT2D eigenvalue weighted by Crippen LogP contribution is 2.33. The molecule has 1 aliphatic heterocycles. The molecule has 150 valence electrons. The van der Waals surface area contributed by atoms with Crippen LogP contribution >= 0.6 is 24.0 Å². The van der Waals surface area contributed by atoms with E-state index < -0.39 is 12.6 Å². The van der Waals surface area contributed by atoms with Gasteiger partial charge in [-0.3, -0.25) is 9.69 Å². The lowest BCUT2D eigenvalue weighted by atomic mass is 10.1. The number of ether oxygens (including phenoxy) is 2. The third-order valence-electron chi connectivity index (χ3n) is 4.20. The second-order valence-corrected chi connectivity index (χ2v) is 7.86. The number of thioether (sulfide) groups is 1. The summed E-state index contributed by atoms with van der Waals surface area (Å²) in [4.78, 5) is 25.4. The highest BCUT2D eigenvalue weighted by molar-refractivity contribution is 8.26. The number of hydrogen-bond acceptors (Lipinski definition) is 6. The van der Waals surface area contributed by atoms with E-state index in [0.717, 1.165) is 16.9 Å². The van der Waals surface area contributed by atoms with Crippen LogP contribution in [0.2, 0.25) is 0 Å². The van der Waals surface area contributed by atoms with Crippen LogP contribution in [0.15, 0.2) is 53.4 Å². The van der Waals surface area contributed by atoms with Crippen molar-refractivity contribution in [3.63, 3.8) is 0 Å². The molecule has 0 radical (unpaired) electrons. The monoisotopic (exact) mass is 429 g/mol. The number of amides is 1. The summed E-state index contributed by atoms with van der Waals surface area (Å²) in [5.41, 5.74) is 1.91. The summed E-state index contributed by atoms with van der Waals surface area (Å²) < 4.78 is 10.8. The van der Waals surface area contributed by atoms with Crippen LogP contribution in [0.1, 0.15) is 11.1 Å². The van der Waals surface area contributed by atoms with Gasteiger partial charge in [0.05, 0.1) is 12.0 Å². The Balaban J connectivity index is 1.62. The molecule has 0 spiro atoms. The first-order valence-electron chi connectivity index (χ1n) is 8.79. The molecule has 2 aromatic rings. The summed E-state index contributed by atoms with van der Waals surface area (Å²) in [6.07, 6.45) is 2.47. The van der Waals surface area contributed by atoms with Crippen molar-refractivity contribution < 1.29 is 24.2 Å². The molecule has 1 aliphatic rings. The molecule has 1 amide bonds. The normalized spacial score (nSPS) is 15.1. The minimum Gasteiger partial charge on any atom is -0.497 e. The van der Waals surface area contributed by atoms with E-state index in [1.807, 2.05) is 24.3 Å². The number of methoxy groups -OCH3 is 1. The van der Waals surface area contributed by atoms with E-state index in [4.69, 9.17) is 26.8 Å². The molecule has 0 atom stereocenters. The molecule has 0 unspecified atom stereocenters. The van der Waals surface area contributed by atoms with Crippen molar-refractivity contribution in [2.24, 2.45) is 0 Å². The Bertz CT molecular complexity index is 939. The number of carbonyl (C=O) groups is 2. The fraction of sp³-hybridized carbons (Fsp3) is 0.190. The number of aliphatic carboxylic acids is 1. The van der Waals surface area contributed by atoms with Crippen molar-refractivity contribution in [3.8, 4) is 11.5 Å². The topological polar surface area (TPSA) is 76.1 Å². The van der Waals surface area contributed by atoms with Gasteiger partial charge in [0.25, 0.3) is 5.91 Å². The number of benzene rings is 2. The summed E-state index contributed by atoms with van der Waals surface area (Å²) in [7, 11) is 1.62. The molecule has 3 rings (SSSR count). The second kappa shape index (κ2) is 9.58. The Morgan fingerprint density at radius 3 is 2.41 bits per heavy atom. The molecule has 0 bridgehead atoms. The first-order chi connectivity index (χ1) is 14.0. The van der Waals surface area contributed by atoms with Crippen LogP contribution < -0.4 is 9.47 Å². The number of rotatable bonds is 8. The van der Waals surface area contributed by atoms with Crippen molar-refractivity contribution in [1.82, 2.24) is 4.90 Å². The van der Waals surface area contributed by atoms with Gasteiger partial charge in [-0.05, 0) is 47.9 Å². The molecule has 6 nitrogen and oxygen atoms in total. The van der Waals surface area contributed by atoms with E-state index in [1.54, 1.807) is 42.4 Å². The predicted molar refractivity (Wildman–Crippen MR) is 116 cm³/mol. The number of thiocarbonyl (C=S) groups is 1. The molecule has 8 heteroatoms. The van der Waals surface area contributed by atoms with Crippen molar-refractivity contribution in [2.45, 2.75) is 6.42 Å². The molecule has 1 N–H and O–H groups in total. The third kappa shape index (κ3) is 5.58. The number of nitrogens with zero attached hydrogens (tertiary/aromatic N) is 1. The highest BCUT2D eigenvalue weighted by Gasteiger charge is 2.31. The van der Waals surface area contributed by atoms with E-state index in [2.05, 4.69) is 0 Å². The van der Waals surface area contributed by atoms with Crippen LogP contribution in [0.3, 0.4) is 0 Å². The minimum atomic E-state index is -1.03. The Morgan fingerprint density at radius 2 is 1.79 bits per heavy atom. The number of carbonyl (C=O) groups excluding carboxylic acids is 1. The summed E-state index contributed by atoms with van der Waals surface area (Å²) >= 11 is 6.65. The van der Waals surface area contributed by atoms with Gasteiger partial charge in [0.2, 0.25) is 0 Å². The van der Waals surface area contributed by atoms with Crippen LogP contribution in [0.5, 0.6) is 11.5 Å². The zero-order chi connectivity index (χ0) is 20.8. The maximum atomic E-state index is 12.7. The number of carboxylic acid groups (broad SMARTS) is 1. The molecule has 1 heterocycles. The quantitative estimate of drug-likeness (QED) is 0.507. The Hall–Kier alpha value is -2.84. The van der Waals surface area contributed by atoms with E-state index in [9.17, 15) is 9.59 Å². The van der Waals surface area contributed by atoms with Crippen LogP contribution in [-0.4, -0.2) is 46.5 Å². The zero-order valence-corrected chi connectivity index (χ0v) is 17.3. The molecular formula is C21H19NO5S2. The lowest BCUT2D eigenvalue weighted by molar-refractivity contribution is -0.139. The first-order valence-corrected chi connectivity index (χ1v) is 10.0. The standard InChI is InChI=1S/C21H19NO5S2/c1-26-16-6-2-14(3-7-16)10-11-22-20(25)18(29-21(22)28)12-15-4-8-17(9-5-15)27-13-19(23)24/h2-9,12H,10-11,13H2,1H3,(H,23,24)/b18-12+. The van der Waals surface area contributed by atoms with E-state index in [0.29, 0.717) is 27.9 Å². The molecule has 0 saturated carbocycles. The van der Waals surface area contributed by atoms with Gasteiger partial charge in [0.15, 0.2) is 6.61 Å². The minimum absolute atomic E-state index is 0.111. The van der Waals surface area contributed by atoms with Gasteiger partial charge < -0.3 is 14.6 Å². The third-order valence-corrected chi connectivity index (χ3v) is 5.57. The maximum Gasteiger partial charge on any atom is 0.341 e. The van der Waals surface area contributed by atoms with E-state index in [-0.39, 0.29) is 5.91 Å². The van der Waals surface area contributed by atoms with Gasteiger partial charge in [-0.2, -0.15) is 0 Å². The Kier molecular flexibility index (Phi) is 6.90. The smallest absolute Gasteiger partial charge is 0.341 e. The van der Waals surface area contributed by atoms with E-state index >= 15 is 0 Å². The van der Waals surface area contributed by atoms with Crippen LogP contribution in [0.4, 0.5) is 0 Å². The van der Waals surface area contributed by atoms with E-state index in [1.165, 1.54) is 11.8 Å². The highest BCUT2D eigenvalue weighted by atomic mass is 32.2. The SMILES string of the molecule is COc1ccc(CCN2C(=O)/C(=C\c3ccc(OCC(=O)O)cc3)SC2=S)cc1. The van der Waals surface area contributed by atoms with Crippen LogP contribution in [-0.2, 0) is 16.0 Å².